The van der Waals surface area contributed by atoms with E-state index in [0.717, 1.165) is 22.1 Å². The third-order valence-electron chi connectivity index (χ3n) is 3.07. The van der Waals surface area contributed by atoms with Crippen molar-refractivity contribution in [1.82, 2.24) is 20.1 Å². The molecule has 0 aliphatic carbocycles. The van der Waals surface area contributed by atoms with Gasteiger partial charge in [-0.05, 0) is 33.3 Å². The molecule has 22 heavy (non-hydrogen) atoms. The minimum atomic E-state index is -0.218. The molecule has 1 heterocycles. The Morgan fingerprint density at radius 1 is 1.27 bits per heavy atom. The molecule has 0 aliphatic rings. The van der Waals surface area contributed by atoms with Gasteiger partial charge in [0.05, 0.1) is 5.75 Å². The summed E-state index contributed by atoms with van der Waals surface area (Å²) in [5.74, 6) is 1.14. The number of nitrogens with zero attached hydrogens (tertiary/aromatic N) is 3. The topological polar surface area (TPSA) is 59.8 Å². The van der Waals surface area contributed by atoms with E-state index in [1.165, 1.54) is 11.8 Å². The molecular weight excluding hydrogens is 296 g/mol. The number of aromatic nitrogens is 3. The number of hydrogen-bond donors (Lipinski definition) is 1. The first kappa shape index (κ1) is 16.5. The first-order valence-electron chi connectivity index (χ1n) is 7.17. The molecule has 1 aromatic heterocycles. The fourth-order valence-corrected chi connectivity index (χ4v) is 2.79. The summed E-state index contributed by atoms with van der Waals surface area (Å²) in [5.41, 5.74) is 1.99. The van der Waals surface area contributed by atoms with E-state index in [2.05, 4.69) is 15.5 Å². The van der Waals surface area contributed by atoms with Crippen molar-refractivity contribution < 1.29 is 4.79 Å². The van der Waals surface area contributed by atoms with Crippen LogP contribution in [0.2, 0.25) is 0 Å². The van der Waals surface area contributed by atoms with Crippen LogP contribution in [0.25, 0.3) is 11.4 Å². The first-order chi connectivity index (χ1) is 10.3. The van der Waals surface area contributed by atoms with E-state index in [-0.39, 0.29) is 11.4 Å². The summed E-state index contributed by atoms with van der Waals surface area (Å²) in [6.07, 6.45) is 0. The number of rotatable bonds is 4. The maximum atomic E-state index is 11.9. The lowest BCUT2D eigenvalue weighted by Crippen LogP contribution is -2.41. The molecule has 0 fully saturated rings. The molecule has 0 spiro atoms. The summed E-state index contributed by atoms with van der Waals surface area (Å²) in [7, 11) is 1.92. The van der Waals surface area contributed by atoms with Crippen LogP contribution in [0.15, 0.2) is 29.4 Å². The second-order valence-electron chi connectivity index (χ2n) is 6.27. The van der Waals surface area contributed by atoms with Crippen LogP contribution >= 0.6 is 11.8 Å². The molecule has 118 valence electrons. The summed E-state index contributed by atoms with van der Waals surface area (Å²) in [6, 6.07) is 8.07. The van der Waals surface area contributed by atoms with E-state index in [4.69, 9.17) is 0 Å². The van der Waals surface area contributed by atoms with E-state index < -0.39 is 0 Å². The van der Waals surface area contributed by atoms with Crippen LogP contribution in [0.4, 0.5) is 0 Å². The Morgan fingerprint density at radius 2 is 1.95 bits per heavy atom. The SMILES string of the molecule is Cc1ccccc1-c1nnc(SCC(=O)NC(C)(C)C)n1C. The largest absolute Gasteiger partial charge is 0.351 e. The number of carbonyl (C=O) groups excluding carboxylic acids is 1. The van der Waals surface area contributed by atoms with Crippen LogP contribution in [0.3, 0.4) is 0 Å². The summed E-state index contributed by atoms with van der Waals surface area (Å²) in [4.78, 5) is 11.9. The zero-order valence-corrected chi connectivity index (χ0v) is 14.5. The molecule has 0 atom stereocenters. The summed E-state index contributed by atoms with van der Waals surface area (Å²) >= 11 is 1.39. The van der Waals surface area contributed by atoms with Gasteiger partial charge in [-0.2, -0.15) is 0 Å². The molecule has 0 radical (unpaired) electrons. The molecule has 0 aliphatic heterocycles. The fourth-order valence-electron chi connectivity index (χ4n) is 2.08. The van der Waals surface area contributed by atoms with Gasteiger partial charge in [0.25, 0.3) is 0 Å². The Morgan fingerprint density at radius 3 is 2.59 bits per heavy atom. The van der Waals surface area contributed by atoms with Crippen molar-refractivity contribution in [3.8, 4) is 11.4 Å². The smallest absolute Gasteiger partial charge is 0.230 e. The molecule has 1 amide bonds. The van der Waals surface area contributed by atoms with Crippen LogP contribution in [0.5, 0.6) is 0 Å². The molecule has 5 nitrogen and oxygen atoms in total. The highest BCUT2D eigenvalue weighted by Gasteiger charge is 2.17. The number of nitrogens with one attached hydrogen (secondary N) is 1. The molecule has 0 unspecified atom stereocenters. The van der Waals surface area contributed by atoms with Gasteiger partial charge in [-0.15, -0.1) is 10.2 Å². The van der Waals surface area contributed by atoms with Crippen molar-refractivity contribution in [3.63, 3.8) is 0 Å². The molecule has 1 aromatic carbocycles. The number of hydrogen-bond acceptors (Lipinski definition) is 4. The van der Waals surface area contributed by atoms with Gasteiger partial charge < -0.3 is 9.88 Å². The van der Waals surface area contributed by atoms with Crippen molar-refractivity contribution >= 4 is 17.7 Å². The molecule has 2 aromatic rings. The van der Waals surface area contributed by atoms with Crippen molar-refractivity contribution in [1.29, 1.82) is 0 Å². The Labute approximate surface area is 135 Å². The lowest BCUT2D eigenvalue weighted by atomic mass is 10.1. The van der Waals surface area contributed by atoms with Crippen LogP contribution in [-0.2, 0) is 11.8 Å². The standard InChI is InChI=1S/C16H22N4OS/c1-11-8-6-7-9-12(11)14-18-19-15(20(14)5)22-10-13(21)17-16(2,3)4/h6-9H,10H2,1-5H3,(H,17,21). The number of carbonyl (C=O) groups is 1. The minimum absolute atomic E-state index is 0.00191. The number of thioether (sulfide) groups is 1. The van der Waals surface area contributed by atoms with E-state index in [1.54, 1.807) is 0 Å². The van der Waals surface area contributed by atoms with Gasteiger partial charge in [0.1, 0.15) is 0 Å². The third kappa shape index (κ3) is 4.10. The molecule has 0 saturated carbocycles. The molecule has 1 N–H and O–H groups in total. The van der Waals surface area contributed by atoms with E-state index >= 15 is 0 Å². The highest BCUT2D eigenvalue weighted by atomic mass is 32.2. The second kappa shape index (κ2) is 6.52. The normalized spacial score (nSPS) is 11.5. The van der Waals surface area contributed by atoms with Gasteiger partial charge in [-0.25, -0.2) is 0 Å². The Hall–Kier alpha value is -1.82. The third-order valence-corrected chi connectivity index (χ3v) is 4.09. The van der Waals surface area contributed by atoms with Gasteiger partial charge in [0.2, 0.25) is 5.91 Å². The minimum Gasteiger partial charge on any atom is -0.351 e. The van der Waals surface area contributed by atoms with Crippen molar-refractivity contribution in [2.75, 3.05) is 5.75 Å². The number of amides is 1. The van der Waals surface area contributed by atoms with Gasteiger partial charge in [0.15, 0.2) is 11.0 Å². The maximum Gasteiger partial charge on any atom is 0.230 e. The van der Waals surface area contributed by atoms with Crippen LogP contribution < -0.4 is 5.32 Å². The predicted molar refractivity (Wildman–Crippen MR) is 89.8 cm³/mol. The quantitative estimate of drug-likeness (QED) is 0.881. The molecule has 6 heteroatoms. The van der Waals surface area contributed by atoms with E-state index in [1.807, 2.05) is 63.6 Å². The molecular formula is C16H22N4OS. The highest BCUT2D eigenvalue weighted by Crippen LogP contribution is 2.24. The summed E-state index contributed by atoms with van der Waals surface area (Å²) in [5, 5.41) is 12.1. The Balaban J connectivity index is 2.09. The van der Waals surface area contributed by atoms with Crippen molar-refractivity contribution in [2.24, 2.45) is 7.05 Å². The second-order valence-corrected chi connectivity index (χ2v) is 7.21. The Bertz CT molecular complexity index is 673. The molecule has 2 rings (SSSR count). The zero-order valence-electron chi connectivity index (χ0n) is 13.7. The Kier molecular flexibility index (Phi) is 4.90. The predicted octanol–water partition coefficient (Wildman–Crippen LogP) is 2.80. The van der Waals surface area contributed by atoms with Crippen molar-refractivity contribution in [2.45, 2.75) is 38.4 Å². The average molecular weight is 318 g/mol. The van der Waals surface area contributed by atoms with Gasteiger partial charge in [0, 0.05) is 18.2 Å². The number of benzene rings is 1. The molecule has 0 saturated heterocycles. The van der Waals surface area contributed by atoms with Crippen LogP contribution in [0.1, 0.15) is 26.3 Å². The van der Waals surface area contributed by atoms with Gasteiger partial charge >= 0.3 is 0 Å². The maximum absolute atomic E-state index is 11.9. The van der Waals surface area contributed by atoms with E-state index in [9.17, 15) is 4.79 Å². The van der Waals surface area contributed by atoms with Crippen molar-refractivity contribution in [3.05, 3.63) is 29.8 Å². The fraction of sp³-hybridized carbons (Fsp3) is 0.438. The number of aryl methyl sites for hydroxylation is 1. The average Bonchev–Trinajstić information content (AvgIpc) is 2.76. The van der Waals surface area contributed by atoms with Crippen LogP contribution in [0, 0.1) is 6.92 Å². The van der Waals surface area contributed by atoms with Gasteiger partial charge in [-0.1, -0.05) is 36.0 Å². The van der Waals surface area contributed by atoms with Crippen LogP contribution in [-0.4, -0.2) is 32.0 Å². The highest BCUT2D eigenvalue weighted by molar-refractivity contribution is 7.99. The monoisotopic (exact) mass is 318 g/mol. The first-order valence-corrected chi connectivity index (χ1v) is 8.16. The van der Waals surface area contributed by atoms with Gasteiger partial charge in [-0.3, -0.25) is 4.79 Å². The van der Waals surface area contributed by atoms with E-state index in [0.29, 0.717) is 5.75 Å². The summed E-state index contributed by atoms with van der Waals surface area (Å²) in [6.45, 7) is 7.95. The summed E-state index contributed by atoms with van der Waals surface area (Å²) < 4.78 is 1.93. The zero-order chi connectivity index (χ0) is 16.3. The lowest BCUT2D eigenvalue weighted by molar-refractivity contribution is -0.119. The molecule has 0 bridgehead atoms. The lowest BCUT2D eigenvalue weighted by Gasteiger charge is -2.20.